The standard InChI is InChI=1S/C23H18N3O/c27-22-15-14-21(25-26(22)17-20-13-7-8-16-24-20)23(18-9-3-1-4-10-18)19-11-5-2-6-12-19/h1-15,23H,17H2. The highest BCUT2D eigenvalue weighted by atomic mass is 16.1. The van der Waals surface area contributed by atoms with E-state index >= 15 is 0 Å². The smallest absolute Gasteiger partial charge is 0.267 e. The van der Waals surface area contributed by atoms with E-state index in [1.807, 2.05) is 54.6 Å². The molecule has 4 heteroatoms. The van der Waals surface area contributed by atoms with Crippen LogP contribution < -0.4 is 5.56 Å². The second-order valence-electron chi connectivity index (χ2n) is 6.27. The lowest BCUT2D eigenvalue weighted by Gasteiger charge is -2.18. The molecule has 0 unspecified atom stereocenters. The molecule has 0 amide bonds. The van der Waals surface area contributed by atoms with Gasteiger partial charge in [-0.05, 0) is 29.3 Å². The predicted octanol–water partition coefficient (Wildman–Crippen LogP) is 3.67. The maximum Gasteiger partial charge on any atom is 0.267 e. The average molecular weight is 352 g/mol. The normalized spacial score (nSPS) is 10.9. The van der Waals surface area contributed by atoms with Gasteiger partial charge in [0.25, 0.3) is 5.56 Å². The van der Waals surface area contributed by atoms with Gasteiger partial charge in [-0.15, -0.1) is 0 Å². The van der Waals surface area contributed by atoms with Crippen molar-refractivity contribution >= 4 is 0 Å². The minimum atomic E-state index is -0.149. The summed E-state index contributed by atoms with van der Waals surface area (Å²) in [5.41, 5.74) is 3.69. The molecular weight excluding hydrogens is 334 g/mol. The first-order valence-electron chi connectivity index (χ1n) is 8.81. The zero-order chi connectivity index (χ0) is 18.5. The Morgan fingerprint density at radius 3 is 2.07 bits per heavy atom. The van der Waals surface area contributed by atoms with E-state index in [4.69, 9.17) is 0 Å². The van der Waals surface area contributed by atoms with E-state index in [1.54, 1.807) is 12.1 Å². The predicted molar refractivity (Wildman–Crippen MR) is 105 cm³/mol. The largest absolute Gasteiger partial charge is 0.268 e. The first kappa shape index (κ1) is 16.9. The quantitative estimate of drug-likeness (QED) is 0.551. The lowest BCUT2D eigenvalue weighted by atomic mass is 9.88. The second-order valence-corrected chi connectivity index (χ2v) is 6.27. The summed E-state index contributed by atoms with van der Waals surface area (Å²) in [5.74, 6) is -0.0467. The molecule has 2 heterocycles. The average Bonchev–Trinajstić information content (AvgIpc) is 2.73. The van der Waals surface area contributed by atoms with Crippen molar-refractivity contribution in [2.45, 2.75) is 12.5 Å². The Labute approximate surface area is 157 Å². The van der Waals surface area contributed by atoms with Crippen molar-refractivity contribution in [2.24, 2.45) is 0 Å². The Morgan fingerprint density at radius 2 is 1.48 bits per heavy atom. The molecule has 1 radical (unpaired) electrons. The van der Waals surface area contributed by atoms with E-state index in [9.17, 15) is 4.79 Å². The van der Waals surface area contributed by atoms with E-state index in [2.05, 4.69) is 40.5 Å². The molecule has 4 aromatic rings. The molecule has 0 fully saturated rings. The van der Waals surface area contributed by atoms with E-state index in [1.165, 1.54) is 4.68 Å². The van der Waals surface area contributed by atoms with Gasteiger partial charge < -0.3 is 0 Å². The summed E-state index contributed by atoms with van der Waals surface area (Å²) < 4.78 is 1.46. The Bertz CT molecular complexity index is 1020. The first-order chi connectivity index (χ1) is 13.3. The highest BCUT2D eigenvalue weighted by Gasteiger charge is 2.19. The molecule has 0 spiro atoms. The molecule has 131 valence electrons. The summed E-state index contributed by atoms with van der Waals surface area (Å²) in [4.78, 5) is 16.5. The minimum absolute atomic E-state index is 0.0467. The van der Waals surface area contributed by atoms with Crippen LogP contribution in [-0.4, -0.2) is 14.8 Å². The van der Waals surface area contributed by atoms with Gasteiger partial charge in [0.1, 0.15) is 0 Å². The Kier molecular flexibility index (Phi) is 4.88. The summed E-state index contributed by atoms with van der Waals surface area (Å²) in [7, 11) is 0. The number of benzene rings is 2. The van der Waals surface area contributed by atoms with Crippen LogP contribution in [0, 0.1) is 6.20 Å². The molecule has 0 bridgehead atoms. The van der Waals surface area contributed by atoms with Crippen LogP contribution in [-0.2, 0) is 6.54 Å². The van der Waals surface area contributed by atoms with Crippen LogP contribution >= 0.6 is 0 Å². The van der Waals surface area contributed by atoms with Gasteiger partial charge in [-0.3, -0.25) is 4.79 Å². The minimum Gasteiger partial charge on any atom is -0.268 e. The highest BCUT2D eigenvalue weighted by Crippen LogP contribution is 2.29. The van der Waals surface area contributed by atoms with Crippen LogP contribution in [0.4, 0.5) is 0 Å². The molecule has 0 N–H and O–H groups in total. The lowest BCUT2D eigenvalue weighted by molar-refractivity contribution is 0.605. The highest BCUT2D eigenvalue weighted by molar-refractivity contribution is 5.39. The fourth-order valence-corrected chi connectivity index (χ4v) is 3.16. The molecule has 2 aromatic carbocycles. The monoisotopic (exact) mass is 352 g/mol. The van der Waals surface area contributed by atoms with Gasteiger partial charge in [-0.25, -0.2) is 9.67 Å². The van der Waals surface area contributed by atoms with Gasteiger partial charge in [0.05, 0.1) is 30.0 Å². The third-order valence-electron chi connectivity index (χ3n) is 4.43. The van der Waals surface area contributed by atoms with Crippen molar-refractivity contribution in [3.8, 4) is 0 Å². The van der Waals surface area contributed by atoms with E-state index < -0.39 is 0 Å². The Morgan fingerprint density at radius 1 is 0.815 bits per heavy atom. The maximum absolute atomic E-state index is 12.3. The summed E-state index contributed by atoms with van der Waals surface area (Å²) in [6.07, 6.45) is 2.80. The summed E-state index contributed by atoms with van der Waals surface area (Å²) in [6, 6.07) is 29.3. The molecule has 4 nitrogen and oxygen atoms in total. The third-order valence-corrected chi connectivity index (χ3v) is 4.43. The number of nitrogens with zero attached hydrogens (tertiary/aromatic N) is 3. The zero-order valence-corrected chi connectivity index (χ0v) is 14.7. The fraction of sp³-hybridized carbons (Fsp3) is 0.0870. The zero-order valence-electron chi connectivity index (χ0n) is 14.7. The Balaban J connectivity index is 1.79. The van der Waals surface area contributed by atoms with Gasteiger partial charge in [0.15, 0.2) is 0 Å². The number of rotatable bonds is 5. The summed E-state index contributed by atoms with van der Waals surface area (Å²) in [5, 5.41) is 4.67. The summed E-state index contributed by atoms with van der Waals surface area (Å²) >= 11 is 0. The molecule has 0 saturated heterocycles. The van der Waals surface area contributed by atoms with Gasteiger partial charge in [-0.2, -0.15) is 5.10 Å². The topological polar surface area (TPSA) is 47.8 Å². The Hall–Kier alpha value is -3.53. The van der Waals surface area contributed by atoms with E-state index in [0.29, 0.717) is 6.54 Å². The van der Waals surface area contributed by atoms with Gasteiger partial charge in [0, 0.05) is 6.07 Å². The van der Waals surface area contributed by atoms with Crippen LogP contribution in [0.25, 0.3) is 0 Å². The third kappa shape index (κ3) is 3.85. The number of hydrogen-bond donors (Lipinski definition) is 0. The van der Waals surface area contributed by atoms with Crippen molar-refractivity contribution in [1.82, 2.24) is 14.8 Å². The van der Waals surface area contributed by atoms with Crippen molar-refractivity contribution in [3.63, 3.8) is 0 Å². The van der Waals surface area contributed by atoms with Gasteiger partial charge in [0.2, 0.25) is 0 Å². The molecule has 0 saturated carbocycles. The van der Waals surface area contributed by atoms with Gasteiger partial charge in [-0.1, -0.05) is 66.7 Å². The van der Waals surface area contributed by atoms with Gasteiger partial charge >= 0.3 is 0 Å². The SMILES string of the molecule is O=c1ccc(C(c2ccccc2)c2ccccc2)nn1Cc1ccc[c]n1. The van der Waals surface area contributed by atoms with Crippen LogP contribution in [0.3, 0.4) is 0 Å². The van der Waals surface area contributed by atoms with E-state index in [-0.39, 0.29) is 11.5 Å². The molecule has 4 rings (SSSR count). The molecule has 0 atom stereocenters. The number of hydrogen-bond acceptors (Lipinski definition) is 3. The maximum atomic E-state index is 12.3. The fourth-order valence-electron chi connectivity index (χ4n) is 3.16. The van der Waals surface area contributed by atoms with Crippen molar-refractivity contribution < 1.29 is 0 Å². The van der Waals surface area contributed by atoms with Crippen LogP contribution in [0.5, 0.6) is 0 Å². The molecule has 2 aromatic heterocycles. The number of aromatic nitrogens is 3. The molecule has 0 aliphatic rings. The van der Waals surface area contributed by atoms with Crippen molar-refractivity contribution in [2.75, 3.05) is 0 Å². The van der Waals surface area contributed by atoms with Crippen LogP contribution in [0.2, 0.25) is 0 Å². The molecule has 0 aliphatic heterocycles. The summed E-state index contributed by atoms with van der Waals surface area (Å²) in [6.45, 7) is 0.320. The van der Waals surface area contributed by atoms with E-state index in [0.717, 1.165) is 22.5 Å². The molecular formula is C23H18N3O. The first-order valence-corrected chi connectivity index (χ1v) is 8.81. The molecule has 27 heavy (non-hydrogen) atoms. The van der Waals surface area contributed by atoms with Crippen molar-refractivity contribution in [1.29, 1.82) is 0 Å². The van der Waals surface area contributed by atoms with Crippen LogP contribution in [0.1, 0.15) is 28.4 Å². The van der Waals surface area contributed by atoms with Crippen LogP contribution in [0.15, 0.2) is 95.8 Å². The van der Waals surface area contributed by atoms with Crippen molar-refractivity contribution in [3.05, 3.63) is 130 Å². The second kappa shape index (κ2) is 7.79. The lowest BCUT2D eigenvalue weighted by Crippen LogP contribution is -2.25. The molecule has 0 aliphatic carbocycles. The number of pyridine rings is 1.